The van der Waals surface area contributed by atoms with Gasteiger partial charge in [-0.1, -0.05) is 11.6 Å². The zero-order chi connectivity index (χ0) is 22.1. The SMILES string of the molecule is CN(C)CCCCn1c(N)c(-c2nc3ccc(Cl)cc3[nH]2)c2nc(C#N)c(C#N)nc21. The first-order chi connectivity index (χ1) is 14.9. The Kier molecular flexibility index (Phi) is 5.47. The maximum Gasteiger partial charge on any atom is 0.179 e. The van der Waals surface area contributed by atoms with Gasteiger partial charge in [0.2, 0.25) is 0 Å². The van der Waals surface area contributed by atoms with Crippen LogP contribution in [0, 0.1) is 22.7 Å². The summed E-state index contributed by atoms with van der Waals surface area (Å²) in [6.45, 7) is 1.55. The summed E-state index contributed by atoms with van der Waals surface area (Å²) in [5, 5.41) is 19.4. The van der Waals surface area contributed by atoms with Crippen LogP contribution in [0.25, 0.3) is 33.6 Å². The number of nitrogen functional groups attached to an aromatic ring is 1. The van der Waals surface area contributed by atoms with Crippen molar-refractivity contribution in [2.75, 3.05) is 26.4 Å². The average Bonchev–Trinajstić information content (AvgIpc) is 3.27. The third kappa shape index (κ3) is 3.77. The van der Waals surface area contributed by atoms with Crippen LogP contribution in [-0.2, 0) is 6.54 Å². The van der Waals surface area contributed by atoms with Crippen molar-refractivity contribution in [2.45, 2.75) is 19.4 Å². The van der Waals surface area contributed by atoms with Crippen molar-refractivity contribution < 1.29 is 0 Å². The fourth-order valence-corrected chi connectivity index (χ4v) is 3.74. The Labute approximate surface area is 183 Å². The topological polar surface area (TPSA) is 136 Å². The number of aryl methyl sites for hydroxylation is 1. The first-order valence-corrected chi connectivity index (χ1v) is 10.1. The van der Waals surface area contributed by atoms with Crippen LogP contribution in [0.2, 0.25) is 5.02 Å². The molecule has 0 saturated heterocycles. The molecule has 0 radical (unpaired) electrons. The fraction of sp³-hybridized carbons (Fsp3) is 0.286. The van der Waals surface area contributed by atoms with Gasteiger partial charge in [0.05, 0.1) is 16.6 Å². The summed E-state index contributed by atoms with van der Waals surface area (Å²) >= 11 is 6.10. The van der Waals surface area contributed by atoms with Gasteiger partial charge < -0.3 is 20.2 Å². The fourth-order valence-electron chi connectivity index (χ4n) is 3.57. The van der Waals surface area contributed by atoms with Crippen molar-refractivity contribution in [3.8, 4) is 23.5 Å². The molecule has 3 heterocycles. The molecule has 3 N–H and O–H groups in total. The number of aromatic nitrogens is 5. The number of hydrogen-bond donors (Lipinski definition) is 2. The molecule has 9 nitrogen and oxygen atoms in total. The van der Waals surface area contributed by atoms with Crippen LogP contribution >= 0.6 is 11.6 Å². The van der Waals surface area contributed by atoms with Crippen LogP contribution in [0.4, 0.5) is 5.82 Å². The van der Waals surface area contributed by atoms with E-state index in [1.165, 1.54) is 0 Å². The van der Waals surface area contributed by atoms with E-state index >= 15 is 0 Å². The van der Waals surface area contributed by atoms with Gasteiger partial charge in [0.25, 0.3) is 0 Å². The minimum Gasteiger partial charge on any atom is -0.384 e. The van der Waals surface area contributed by atoms with E-state index in [9.17, 15) is 10.5 Å². The minimum absolute atomic E-state index is 0.0232. The molecule has 4 aromatic rings. The third-order valence-electron chi connectivity index (χ3n) is 5.05. The Hall–Kier alpha value is -3.66. The van der Waals surface area contributed by atoms with Gasteiger partial charge >= 0.3 is 0 Å². The van der Waals surface area contributed by atoms with Crippen LogP contribution in [0.3, 0.4) is 0 Å². The lowest BCUT2D eigenvalue weighted by atomic mass is 10.2. The number of benzene rings is 1. The normalized spacial score (nSPS) is 11.3. The number of nitrogens with two attached hydrogens (primary N) is 1. The van der Waals surface area contributed by atoms with Crippen LogP contribution in [0.5, 0.6) is 0 Å². The second kappa shape index (κ2) is 8.23. The summed E-state index contributed by atoms with van der Waals surface area (Å²) in [5.41, 5.74) is 9.43. The summed E-state index contributed by atoms with van der Waals surface area (Å²) in [4.78, 5) is 18.8. The van der Waals surface area contributed by atoms with E-state index in [1.807, 2.05) is 36.9 Å². The van der Waals surface area contributed by atoms with Crippen molar-refractivity contribution in [3.63, 3.8) is 0 Å². The first-order valence-electron chi connectivity index (χ1n) is 9.73. The molecule has 0 bridgehead atoms. The van der Waals surface area contributed by atoms with E-state index in [4.69, 9.17) is 17.3 Å². The number of nitrogens with zero attached hydrogens (tertiary/aromatic N) is 7. The molecule has 0 amide bonds. The average molecular weight is 434 g/mol. The number of fused-ring (bicyclic) bond motifs is 2. The van der Waals surface area contributed by atoms with Crippen LogP contribution in [0.1, 0.15) is 24.2 Å². The number of nitrogens with one attached hydrogen (secondary N) is 1. The van der Waals surface area contributed by atoms with Gasteiger partial charge in [-0.25, -0.2) is 15.0 Å². The Balaban J connectivity index is 1.89. The second-order valence-corrected chi connectivity index (χ2v) is 7.92. The van der Waals surface area contributed by atoms with Gasteiger partial charge in [0.15, 0.2) is 17.0 Å². The zero-order valence-electron chi connectivity index (χ0n) is 17.1. The summed E-state index contributed by atoms with van der Waals surface area (Å²) in [6, 6.07) is 9.25. The number of nitriles is 2. The van der Waals surface area contributed by atoms with Gasteiger partial charge in [-0.15, -0.1) is 0 Å². The van der Waals surface area contributed by atoms with Crippen molar-refractivity contribution in [1.29, 1.82) is 10.5 Å². The van der Waals surface area contributed by atoms with Crippen LogP contribution in [-0.4, -0.2) is 50.0 Å². The Bertz CT molecular complexity index is 1370. The maximum atomic E-state index is 9.43. The number of halogens is 1. The van der Waals surface area contributed by atoms with E-state index in [2.05, 4.69) is 24.8 Å². The molecular formula is C21H20ClN9. The largest absolute Gasteiger partial charge is 0.384 e. The van der Waals surface area contributed by atoms with Crippen molar-refractivity contribution in [2.24, 2.45) is 0 Å². The summed E-state index contributed by atoms with van der Waals surface area (Å²) in [5.74, 6) is 0.943. The molecule has 0 aliphatic rings. The molecule has 3 aromatic heterocycles. The number of H-pyrrole nitrogens is 1. The van der Waals surface area contributed by atoms with Crippen LogP contribution in [0.15, 0.2) is 18.2 Å². The monoisotopic (exact) mass is 433 g/mol. The highest BCUT2D eigenvalue weighted by molar-refractivity contribution is 6.31. The second-order valence-electron chi connectivity index (χ2n) is 7.49. The predicted molar refractivity (Wildman–Crippen MR) is 119 cm³/mol. The number of anilines is 1. The van der Waals surface area contributed by atoms with E-state index in [0.717, 1.165) is 30.4 Å². The first kappa shape index (κ1) is 20.6. The zero-order valence-corrected chi connectivity index (χ0v) is 17.9. The van der Waals surface area contributed by atoms with E-state index in [1.54, 1.807) is 12.1 Å². The lowest BCUT2D eigenvalue weighted by molar-refractivity contribution is 0.388. The lowest BCUT2D eigenvalue weighted by Gasteiger charge is -2.10. The van der Waals surface area contributed by atoms with Gasteiger partial charge in [-0.05, 0) is 51.7 Å². The Morgan fingerprint density at radius 1 is 1.13 bits per heavy atom. The quantitative estimate of drug-likeness (QED) is 0.445. The number of rotatable bonds is 6. The number of aromatic amines is 1. The maximum absolute atomic E-state index is 9.43. The summed E-state index contributed by atoms with van der Waals surface area (Å²) in [7, 11) is 4.05. The van der Waals surface area contributed by atoms with Crippen molar-refractivity contribution >= 4 is 39.6 Å². The molecule has 0 spiro atoms. The van der Waals surface area contributed by atoms with Gasteiger partial charge in [0.1, 0.15) is 29.3 Å². The number of imidazole rings is 1. The highest BCUT2D eigenvalue weighted by Crippen LogP contribution is 2.35. The van der Waals surface area contributed by atoms with E-state index in [-0.39, 0.29) is 11.4 Å². The molecule has 1 aromatic carbocycles. The van der Waals surface area contributed by atoms with E-state index < -0.39 is 0 Å². The van der Waals surface area contributed by atoms with Crippen LogP contribution < -0.4 is 5.73 Å². The number of hydrogen-bond acceptors (Lipinski definition) is 7. The molecule has 10 heteroatoms. The third-order valence-corrected chi connectivity index (χ3v) is 5.28. The molecule has 0 fully saturated rings. The van der Waals surface area contributed by atoms with Crippen molar-refractivity contribution in [3.05, 3.63) is 34.6 Å². The predicted octanol–water partition coefficient (Wildman–Crippen LogP) is 3.30. The lowest BCUT2D eigenvalue weighted by Crippen LogP contribution is -2.14. The van der Waals surface area contributed by atoms with E-state index in [0.29, 0.717) is 39.9 Å². The molecule has 0 aliphatic heterocycles. The highest BCUT2D eigenvalue weighted by atomic mass is 35.5. The Morgan fingerprint density at radius 3 is 2.58 bits per heavy atom. The smallest absolute Gasteiger partial charge is 0.179 e. The van der Waals surface area contributed by atoms with Gasteiger partial charge in [-0.3, -0.25) is 0 Å². The van der Waals surface area contributed by atoms with Gasteiger partial charge in [-0.2, -0.15) is 10.5 Å². The minimum atomic E-state index is -0.0415. The summed E-state index contributed by atoms with van der Waals surface area (Å²) < 4.78 is 1.84. The molecule has 156 valence electrons. The standard InChI is InChI=1S/C21H20ClN9/c1-30(2)7-3-4-8-31-19(25)17(18-21(31)29-16(11-24)15(10-23)26-18)20-27-13-6-5-12(22)9-14(13)28-20/h5-6,9H,3-4,7-8,25H2,1-2H3,(H,27,28). The molecule has 31 heavy (non-hydrogen) atoms. The summed E-state index contributed by atoms with van der Waals surface area (Å²) in [6.07, 6.45) is 1.84. The Morgan fingerprint density at radius 2 is 1.87 bits per heavy atom. The number of unbranched alkanes of at least 4 members (excludes halogenated alkanes) is 1. The molecule has 0 atom stereocenters. The molecule has 0 saturated carbocycles. The van der Waals surface area contributed by atoms with Crippen molar-refractivity contribution in [1.82, 2.24) is 29.4 Å². The molecular weight excluding hydrogens is 414 g/mol. The molecule has 0 unspecified atom stereocenters. The molecule has 4 rings (SSSR count). The van der Waals surface area contributed by atoms with Gasteiger partial charge in [0, 0.05) is 11.6 Å². The highest BCUT2D eigenvalue weighted by Gasteiger charge is 2.24. The molecule has 0 aliphatic carbocycles.